The molecule has 1 aromatic rings. The van der Waals surface area contributed by atoms with Gasteiger partial charge in [0.25, 0.3) is 0 Å². The molecular formula is C22H26N2O5. The van der Waals surface area contributed by atoms with E-state index < -0.39 is 18.5 Å². The monoisotopic (exact) mass is 398 g/mol. The first-order valence-electron chi connectivity index (χ1n) is 9.42. The van der Waals surface area contributed by atoms with Crippen LogP contribution in [0.1, 0.15) is 43.7 Å². The smallest absolute Gasteiger partial charge is 0.329 e. The first kappa shape index (κ1) is 23.7. The molecule has 0 bridgehead atoms. The normalized spacial score (nSPS) is 9.41. The first-order chi connectivity index (χ1) is 14.0. The lowest BCUT2D eigenvalue weighted by atomic mass is 10.1. The van der Waals surface area contributed by atoms with E-state index in [2.05, 4.69) is 46.0 Å². The van der Waals surface area contributed by atoms with Crippen molar-refractivity contribution in [2.75, 3.05) is 26.3 Å². The van der Waals surface area contributed by atoms with Gasteiger partial charge in [0.05, 0.1) is 13.1 Å². The predicted molar refractivity (Wildman–Crippen MR) is 109 cm³/mol. The Morgan fingerprint density at radius 2 is 1.59 bits per heavy atom. The number of carbonyl (C=O) groups is 3. The summed E-state index contributed by atoms with van der Waals surface area (Å²) in [6, 6.07) is 7.32. The summed E-state index contributed by atoms with van der Waals surface area (Å²) in [6.45, 7) is 1.67. The number of ether oxygens (including phenoxy) is 1. The van der Waals surface area contributed by atoms with Gasteiger partial charge in [0.2, 0.25) is 11.8 Å². The largest absolute Gasteiger partial charge is 0.480 e. The van der Waals surface area contributed by atoms with Crippen LogP contribution in [0.4, 0.5) is 0 Å². The average Bonchev–Trinajstić information content (AvgIpc) is 2.69. The highest BCUT2D eigenvalue weighted by molar-refractivity contribution is 5.78. The van der Waals surface area contributed by atoms with E-state index >= 15 is 0 Å². The Balaban J connectivity index is 2.38. The third-order valence-corrected chi connectivity index (χ3v) is 3.54. The lowest BCUT2D eigenvalue weighted by Crippen LogP contribution is -2.28. The zero-order chi connectivity index (χ0) is 21.3. The quantitative estimate of drug-likeness (QED) is 0.407. The molecular weight excluding hydrogens is 372 g/mol. The summed E-state index contributed by atoms with van der Waals surface area (Å²) >= 11 is 0. The molecule has 3 N–H and O–H groups in total. The van der Waals surface area contributed by atoms with Crippen LogP contribution in [0.5, 0.6) is 0 Å². The number of carboxylic acid groups (broad SMARTS) is 1. The zero-order valence-corrected chi connectivity index (χ0v) is 16.5. The first-order valence-corrected chi connectivity index (χ1v) is 9.42. The molecule has 0 radical (unpaired) electrons. The molecule has 7 nitrogen and oxygen atoms in total. The second-order valence-electron chi connectivity index (χ2n) is 6.08. The molecule has 1 aromatic carbocycles. The second-order valence-corrected chi connectivity index (χ2v) is 6.08. The number of hydrogen-bond acceptors (Lipinski definition) is 4. The maximum atomic E-state index is 11.6. The van der Waals surface area contributed by atoms with Crippen molar-refractivity contribution in [1.82, 2.24) is 10.6 Å². The van der Waals surface area contributed by atoms with E-state index in [0.29, 0.717) is 13.0 Å². The van der Waals surface area contributed by atoms with E-state index in [4.69, 9.17) is 5.11 Å². The number of benzene rings is 1. The second kappa shape index (κ2) is 14.7. The van der Waals surface area contributed by atoms with Crippen molar-refractivity contribution >= 4 is 17.8 Å². The maximum absolute atomic E-state index is 11.6. The molecule has 2 amide bonds. The van der Waals surface area contributed by atoms with Crippen molar-refractivity contribution in [2.45, 2.75) is 32.6 Å². The van der Waals surface area contributed by atoms with Gasteiger partial charge in [-0.3, -0.25) is 9.59 Å². The maximum Gasteiger partial charge on any atom is 0.329 e. The minimum Gasteiger partial charge on any atom is -0.480 e. The number of nitrogens with one attached hydrogen (secondary N) is 2. The van der Waals surface area contributed by atoms with Gasteiger partial charge in [0, 0.05) is 17.5 Å². The molecule has 154 valence electrons. The Morgan fingerprint density at radius 3 is 2.17 bits per heavy atom. The van der Waals surface area contributed by atoms with Gasteiger partial charge in [-0.1, -0.05) is 49.5 Å². The highest BCUT2D eigenvalue weighted by Gasteiger charge is 2.02. The van der Waals surface area contributed by atoms with Crippen molar-refractivity contribution in [3.05, 3.63) is 35.4 Å². The fourth-order valence-corrected chi connectivity index (χ4v) is 2.16. The molecule has 0 saturated heterocycles. The van der Waals surface area contributed by atoms with Crippen LogP contribution in [0.25, 0.3) is 0 Å². The van der Waals surface area contributed by atoms with Crippen molar-refractivity contribution in [3.63, 3.8) is 0 Å². The minimum atomic E-state index is -1.13. The summed E-state index contributed by atoms with van der Waals surface area (Å²) in [5.41, 5.74) is 1.53. The molecule has 0 aliphatic heterocycles. The molecule has 0 fully saturated rings. The molecule has 0 saturated carbocycles. The minimum absolute atomic E-state index is 0.0165. The number of aliphatic carboxylic acids is 1. The van der Waals surface area contributed by atoms with Gasteiger partial charge in [0.1, 0.15) is 13.2 Å². The number of hydrogen-bond donors (Lipinski definition) is 3. The SMILES string of the molecule is CCCCCC(=O)NCC#Cc1cccc(C#CCNC(=O)COCC(=O)O)c1. The van der Waals surface area contributed by atoms with Crippen LogP contribution in [0, 0.1) is 23.7 Å². The summed E-state index contributed by atoms with van der Waals surface area (Å²) in [7, 11) is 0. The number of carboxylic acids is 1. The Labute approximate surface area is 171 Å². The van der Waals surface area contributed by atoms with Crippen LogP contribution >= 0.6 is 0 Å². The van der Waals surface area contributed by atoms with Gasteiger partial charge in [-0.2, -0.15) is 0 Å². The Bertz CT molecular complexity index is 812. The van der Waals surface area contributed by atoms with Crippen LogP contribution in [0.3, 0.4) is 0 Å². The Hall–Kier alpha value is -3.29. The molecule has 0 unspecified atom stereocenters. The van der Waals surface area contributed by atoms with E-state index in [1.165, 1.54) is 0 Å². The van der Waals surface area contributed by atoms with Crippen molar-refractivity contribution in [2.24, 2.45) is 0 Å². The standard InChI is InChI=1S/C22H26N2O5/c1-2-3-4-12-20(25)23-13-6-10-18-8-5-9-19(15-18)11-7-14-24-21(26)16-29-17-22(27)28/h5,8-9,15H,2-4,12-14,16-17H2,1H3,(H,23,25)(H,24,26)(H,27,28). The van der Waals surface area contributed by atoms with E-state index in [1.807, 2.05) is 24.3 Å². The highest BCUT2D eigenvalue weighted by atomic mass is 16.5. The van der Waals surface area contributed by atoms with Gasteiger partial charge in [-0.05, 0) is 24.6 Å². The molecule has 1 rings (SSSR count). The zero-order valence-electron chi connectivity index (χ0n) is 16.5. The Morgan fingerprint density at radius 1 is 0.966 bits per heavy atom. The molecule has 0 aliphatic rings. The van der Waals surface area contributed by atoms with E-state index in [1.54, 1.807) is 0 Å². The highest BCUT2D eigenvalue weighted by Crippen LogP contribution is 2.02. The van der Waals surface area contributed by atoms with Crippen LogP contribution in [-0.2, 0) is 19.1 Å². The number of unbranched alkanes of at least 4 members (excludes halogenated alkanes) is 2. The van der Waals surface area contributed by atoms with Crippen LogP contribution in [0.15, 0.2) is 24.3 Å². The topological polar surface area (TPSA) is 105 Å². The fraction of sp³-hybridized carbons (Fsp3) is 0.409. The third kappa shape index (κ3) is 12.7. The summed E-state index contributed by atoms with van der Waals surface area (Å²) < 4.78 is 4.67. The summed E-state index contributed by atoms with van der Waals surface area (Å²) in [5, 5.41) is 13.7. The summed E-state index contributed by atoms with van der Waals surface area (Å²) in [4.78, 5) is 33.3. The van der Waals surface area contributed by atoms with Gasteiger partial charge in [-0.25, -0.2) is 4.79 Å². The molecule has 0 spiro atoms. The third-order valence-electron chi connectivity index (χ3n) is 3.54. The van der Waals surface area contributed by atoms with Gasteiger partial charge < -0.3 is 20.5 Å². The van der Waals surface area contributed by atoms with Crippen LogP contribution in [0.2, 0.25) is 0 Å². The van der Waals surface area contributed by atoms with Crippen LogP contribution < -0.4 is 10.6 Å². The van der Waals surface area contributed by atoms with Crippen molar-refractivity contribution in [3.8, 4) is 23.7 Å². The number of carbonyl (C=O) groups excluding carboxylic acids is 2. The van der Waals surface area contributed by atoms with Crippen LogP contribution in [-0.4, -0.2) is 49.2 Å². The summed E-state index contributed by atoms with van der Waals surface area (Å²) in [5.74, 6) is 10.1. The number of amides is 2. The number of rotatable bonds is 10. The molecule has 0 atom stereocenters. The predicted octanol–water partition coefficient (Wildman–Crippen LogP) is 1.30. The molecule has 0 heterocycles. The van der Waals surface area contributed by atoms with Crippen molar-refractivity contribution < 1.29 is 24.2 Å². The van der Waals surface area contributed by atoms with Gasteiger partial charge in [-0.15, -0.1) is 0 Å². The van der Waals surface area contributed by atoms with E-state index in [9.17, 15) is 14.4 Å². The van der Waals surface area contributed by atoms with Crippen molar-refractivity contribution in [1.29, 1.82) is 0 Å². The van der Waals surface area contributed by atoms with Gasteiger partial charge in [0.15, 0.2) is 0 Å². The Kier molecular flexibility index (Phi) is 12.1. The lowest BCUT2D eigenvalue weighted by Gasteiger charge is -2.00. The van der Waals surface area contributed by atoms with Gasteiger partial charge >= 0.3 is 5.97 Å². The fourth-order valence-electron chi connectivity index (χ4n) is 2.16. The average molecular weight is 398 g/mol. The molecule has 0 aromatic heterocycles. The molecule has 7 heteroatoms. The lowest BCUT2D eigenvalue weighted by molar-refractivity contribution is -0.143. The molecule has 29 heavy (non-hydrogen) atoms. The van der Waals surface area contributed by atoms with E-state index in [0.717, 1.165) is 30.4 Å². The van der Waals surface area contributed by atoms with E-state index in [-0.39, 0.29) is 19.1 Å². The summed E-state index contributed by atoms with van der Waals surface area (Å²) in [6.07, 6.45) is 3.56. The molecule has 0 aliphatic carbocycles.